The molecule has 0 aromatic rings. The molecule has 7 heavy (non-hydrogen) atoms. The third-order valence-electron chi connectivity index (χ3n) is 0.666. The van der Waals surface area contributed by atoms with E-state index in [2.05, 4.69) is 5.16 Å². The molecule has 1 N–H and O–H groups in total. The molecule has 0 saturated carbocycles. The lowest BCUT2D eigenvalue weighted by Gasteiger charge is -1.81. The Balaban J connectivity index is 2.69. The second kappa shape index (κ2) is 5.47. The van der Waals surface area contributed by atoms with Crippen molar-refractivity contribution < 1.29 is 5.21 Å². The molecule has 0 aliphatic heterocycles. The standard InChI is InChI=1S/C5H10NO/c1-2-3-4-5-6-7/h2,5,7H,3-4H2,1H3/b6-5-. The van der Waals surface area contributed by atoms with E-state index in [9.17, 15) is 0 Å². The summed E-state index contributed by atoms with van der Waals surface area (Å²) in [6, 6.07) is 0. The number of oxime groups is 1. The molecule has 0 rings (SSSR count). The van der Waals surface area contributed by atoms with E-state index in [1.165, 1.54) is 6.21 Å². The number of hydrogen-bond donors (Lipinski definition) is 1. The van der Waals surface area contributed by atoms with Crippen LogP contribution in [0.5, 0.6) is 0 Å². The fourth-order valence-corrected chi connectivity index (χ4v) is 0.299. The Hall–Kier alpha value is -0.530. The predicted molar refractivity (Wildman–Crippen MR) is 29.5 cm³/mol. The zero-order chi connectivity index (χ0) is 5.54. The first-order chi connectivity index (χ1) is 3.41. The van der Waals surface area contributed by atoms with Crippen LogP contribution in [0.4, 0.5) is 0 Å². The van der Waals surface area contributed by atoms with Crippen molar-refractivity contribution in [2.24, 2.45) is 5.16 Å². The maximum atomic E-state index is 7.85. The van der Waals surface area contributed by atoms with Gasteiger partial charge in [-0.25, -0.2) is 0 Å². The number of hydrogen-bond acceptors (Lipinski definition) is 2. The molecule has 0 unspecified atom stereocenters. The van der Waals surface area contributed by atoms with E-state index in [1.807, 2.05) is 13.3 Å². The summed E-state index contributed by atoms with van der Waals surface area (Å²) in [5.41, 5.74) is 0. The van der Waals surface area contributed by atoms with Gasteiger partial charge in [0.05, 0.1) is 0 Å². The molecule has 0 saturated heterocycles. The summed E-state index contributed by atoms with van der Waals surface area (Å²) >= 11 is 0. The molecule has 0 amide bonds. The van der Waals surface area contributed by atoms with Gasteiger partial charge in [-0.15, -0.1) is 5.16 Å². The van der Waals surface area contributed by atoms with Gasteiger partial charge in [0.15, 0.2) is 0 Å². The summed E-state index contributed by atoms with van der Waals surface area (Å²) in [6.45, 7) is 1.98. The Labute approximate surface area is 43.8 Å². The zero-order valence-electron chi connectivity index (χ0n) is 4.46. The van der Waals surface area contributed by atoms with E-state index in [4.69, 9.17) is 5.21 Å². The second-order valence-corrected chi connectivity index (χ2v) is 1.28. The summed E-state index contributed by atoms with van der Waals surface area (Å²) in [5.74, 6) is 0. The Morgan fingerprint density at radius 3 is 2.71 bits per heavy atom. The largest absolute Gasteiger partial charge is 0.411 e. The molecule has 1 radical (unpaired) electrons. The average Bonchev–Trinajstić information content (AvgIpc) is 1.69. The zero-order valence-corrected chi connectivity index (χ0v) is 4.46. The van der Waals surface area contributed by atoms with Crippen LogP contribution in [0.25, 0.3) is 0 Å². The summed E-state index contributed by atoms with van der Waals surface area (Å²) in [5, 5.41) is 10.7. The number of nitrogens with zero attached hydrogens (tertiary/aromatic N) is 1. The first-order valence-corrected chi connectivity index (χ1v) is 2.35. The molecule has 2 heteroatoms. The normalized spacial score (nSPS) is 10.4. The molecule has 0 bridgehead atoms. The average molecular weight is 100 g/mol. The van der Waals surface area contributed by atoms with Crippen molar-refractivity contribution in [3.63, 3.8) is 0 Å². The Morgan fingerprint density at radius 1 is 1.57 bits per heavy atom. The fourth-order valence-electron chi connectivity index (χ4n) is 0.299. The topological polar surface area (TPSA) is 32.6 Å². The summed E-state index contributed by atoms with van der Waals surface area (Å²) in [4.78, 5) is 0. The minimum Gasteiger partial charge on any atom is -0.411 e. The second-order valence-electron chi connectivity index (χ2n) is 1.28. The van der Waals surface area contributed by atoms with Crippen molar-refractivity contribution in [2.45, 2.75) is 19.8 Å². The van der Waals surface area contributed by atoms with Gasteiger partial charge in [-0.1, -0.05) is 6.92 Å². The summed E-state index contributed by atoms with van der Waals surface area (Å²) < 4.78 is 0. The third kappa shape index (κ3) is 5.47. The maximum absolute atomic E-state index is 7.85. The van der Waals surface area contributed by atoms with Gasteiger partial charge in [0.2, 0.25) is 0 Å². The predicted octanol–water partition coefficient (Wildman–Crippen LogP) is 1.45. The minimum absolute atomic E-state index is 0.840. The van der Waals surface area contributed by atoms with Crippen molar-refractivity contribution in [2.75, 3.05) is 0 Å². The van der Waals surface area contributed by atoms with Crippen molar-refractivity contribution in [3.8, 4) is 0 Å². The molecule has 2 nitrogen and oxygen atoms in total. The van der Waals surface area contributed by atoms with Crippen LogP contribution >= 0.6 is 0 Å². The number of rotatable bonds is 3. The lowest BCUT2D eigenvalue weighted by molar-refractivity contribution is 0.320. The van der Waals surface area contributed by atoms with Gasteiger partial charge in [0, 0.05) is 6.21 Å². The highest BCUT2D eigenvalue weighted by Gasteiger charge is 1.75. The van der Waals surface area contributed by atoms with Crippen LogP contribution in [0.3, 0.4) is 0 Å². The fraction of sp³-hybridized carbons (Fsp3) is 0.600. The van der Waals surface area contributed by atoms with Crippen LogP contribution in [-0.2, 0) is 0 Å². The molecule has 0 spiro atoms. The van der Waals surface area contributed by atoms with E-state index < -0.39 is 0 Å². The van der Waals surface area contributed by atoms with E-state index in [1.54, 1.807) is 0 Å². The minimum atomic E-state index is 0.840. The summed E-state index contributed by atoms with van der Waals surface area (Å²) in [6.07, 6.45) is 5.35. The van der Waals surface area contributed by atoms with Crippen LogP contribution in [0, 0.1) is 6.42 Å². The molecule has 0 aromatic carbocycles. The van der Waals surface area contributed by atoms with Gasteiger partial charge in [0.25, 0.3) is 0 Å². The van der Waals surface area contributed by atoms with Gasteiger partial charge < -0.3 is 5.21 Å². The molecule has 0 aromatic heterocycles. The van der Waals surface area contributed by atoms with Crippen LogP contribution in [0.15, 0.2) is 5.16 Å². The molecule has 0 aliphatic carbocycles. The first kappa shape index (κ1) is 6.47. The van der Waals surface area contributed by atoms with E-state index in [0.29, 0.717) is 0 Å². The van der Waals surface area contributed by atoms with Gasteiger partial charge in [-0.3, -0.25) is 0 Å². The van der Waals surface area contributed by atoms with E-state index in [0.717, 1.165) is 12.8 Å². The van der Waals surface area contributed by atoms with Crippen molar-refractivity contribution >= 4 is 6.21 Å². The molecule has 41 valence electrons. The quantitative estimate of drug-likeness (QED) is 0.247. The van der Waals surface area contributed by atoms with Crippen LogP contribution < -0.4 is 0 Å². The summed E-state index contributed by atoms with van der Waals surface area (Å²) in [7, 11) is 0. The SMILES string of the molecule is C[CH]CC/C=N\O. The Morgan fingerprint density at radius 2 is 2.29 bits per heavy atom. The van der Waals surface area contributed by atoms with Gasteiger partial charge in [-0.05, 0) is 19.3 Å². The highest BCUT2D eigenvalue weighted by Crippen LogP contribution is 1.86. The highest BCUT2D eigenvalue weighted by atomic mass is 16.4. The molecular formula is C5H10NO. The van der Waals surface area contributed by atoms with E-state index >= 15 is 0 Å². The smallest absolute Gasteiger partial charge is 0.0436 e. The molecule has 0 aliphatic rings. The molecular weight excluding hydrogens is 90.1 g/mol. The molecule has 0 heterocycles. The van der Waals surface area contributed by atoms with Crippen LogP contribution in [0.1, 0.15) is 19.8 Å². The Kier molecular flexibility index (Phi) is 5.06. The third-order valence-corrected chi connectivity index (χ3v) is 0.666. The van der Waals surface area contributed by atoms with Crippen molar-refractivity contribution in [3.05, 3.63) is 6.42 Å². The molecule has 0 atom stereocenters. The molecule has 0 fully saturated rings. The monoisotopic (exact) mass is 100 g/mol. The van der Waals surface area contributed by atoms with Crippen molar-refractivity contribution in [1.29, 1.82) is 0 Å². The van der Waals surface area contributed by atoms with Crippen LogP contribution in [0.2, 0.25) is 0 Å². The van der Waals surface area contributed by atoms with Crippen molar-refractivity contribution in [1.82, 2.24) is 0 Å². The van der Waals surface area contributed by atoms with Gasteiger partial charge in [0.1, 0.15) is 0 Å². The van der Waals surface area contributed by atoms with Gasteiger partial charge in [-0.2, -0.15) is 0 Å². The van der Waals surface area contributed by atoms with E-state index in [-0.39, 0.29) is 0 Å². The lowest BCUT2D eigenvalue weighted by atomic mass is 10.3. The first-order valence-electron chi connectivity index (χ1n) is 2.35. The van der Waals surface area contributed by atoms with Gasteiger partial charge >= 0.3 is 0 Å². The maximum Gasteiger partial charge on any atom is 0.0436 e. The Bertz CT molecular complexity index is 52.0. The van der Waals surface area contributed by atoms with Crippen LogP contribution in [-0.4, -0.2) is 11.4 Å². The lowest BCUT2D eigenvalue weighted by Crippen LogP contribution is -1.73. The number of unbranched alkanes of at least 4 members (excludes halogenated alkanes) is 2. The highest BCUT2D eigenvalue weighted by molar-refractivity contribution is 5.56.